The van der Waals surface area contributed by atoms with E-state index in [1.807, 2.05) is 74.5 Å². The molecule has 38 heavy (non-hydrogen) atoms. The van der Waals surface area contributed by atoms with Gasteiger partial charge in [0.25, 0.3) is 0 Å². The molecule has 2 nitrogen and oxygen atoms in total. The first-order valence-electron chi connectivity index (χ1n) is 12.9. The predicted molar refractivity (Wildman–Crippen MR) is 168 cm³/mol. The third kappa shape index (κ3) is 17.6. The Kier molecular flexibility index (Phi) is 14.9. The van der Waals surface area contributed by atoms with Crippen LogP contribution in [0.25, 0.3) is 0 Å². The zero-order valence-corrected chi connectivity index (χ0v) is 26.2. The Morgan fingerprint density at radius 3 is 1.24 bits per heavy atom. The van der Waals surface area contributed by atoms with E-state index >= 15 is 0 Å². The molecule has 0 unspecified atom stereocenters. The lowest BCUT2D eigenvalue weighted by molar-refractivity contribution is 0.246. The molecule has 2 aromatic rings. The summed E-state index contributed by atoms with van der Waals surface area (Å²) in [6, 6.07) is 19.7. The molecular formula is C34H40O2Si2. The molecular weight excluding hydrogens is 497 g/mol. The summed E-state index contributed by atoms with van der Waals surface area (Å²) in [7, 11) is -2.69. The molecule has 0 aliphatic heterocycles. The molecule has 0 aromatic heterocycles. The van der Waals surface area contributed by atoms with Crippen molar-refractivity contribution < 1.29 is 9.47 Å². The van der Waals surface area contributed by atoms with Crippen LogP contribution in [0.15, 0.2) is 84.3 Å². The molecule has 0 atom stereocenters. The van der Waals surface area contributed by atoms with Crippen molar-refractivity contribution in [3.05, 3.63) is 95.5 Å². The minimum atomic E-state index is -1.34. The summed E-state index contributed by atoms with van der Waals surface area (Å²) in [6.45, 7) is 18.4. The fourth-order valence-corrected chi connectivity index (χ4v) is 3.50. The van der Waals surface area contributed by atoms with Crippen LogP contribution in [0.5, 0.6) is 0 Å². The standard InChI is InChI=1S/2C17H20OSi/c2*1-5-18-17(12-9-15-19(2,3)4)14-13-16-10-7-6-8-11-16/h2*6-8,10-12H,5H2,1-4H3/b17-12+;17-12-. The van der Waals surface area contributed by atoms with Crippen molar-refractivity contribution in [3.63, 3.8) is 0 Å². The van der Waals surface area contributed by atoms with Gasteiger partial charge in [-0.05, 0) is 50.0 Å². The minimum absolute atomic E-state index is 0.601. The number of benzene rings is 2. The molecule has 196 valence electrons. The summed E-state index contributed by atoms with van der Waals surface area (Å²) in [5.41, 5.74) is 8.50. The van der Waals surface area contributed by atoms with Gasteiger partial charge in [0.05, 0.1) is 13.2 Å². The average molecular weight is 537 g/mol. The average Bonchev–Trinajstić information content (AvgIpc) is 2.86. The third-order valence-corrected chi connectivity index (χ3v) is 5.90. The van der Waals surface area contributed by atoms with E-state index in [4.69, 9.17) is 9.47 Å². The normalized spacial score (nSPS) is 10.8. The van der Waals surface area contributed by atoms with Gasteiger partial charge in [-0.3, -0.25) is 0 Å². The number of allylic oxidation sites excluding steroid dienone is 4. The maximum atomic E-state index is 5.48. The Hall–Kier alpha value is -3.81. The van der Waals surface area contributed by atoms with Crippen LogP contribution in [0.4, 0.5) is 0 Å². The molecule has 0 saturated heterocycles. The molecule has 0 aliphatic rings. The first kappa shape index (κ1) is 32.2. The second-order valence-electron chi connectivity index (χ2n) is 10.2. The topological polar surface area (TPSA) is 18.5 Å². The van der Waals surface area contributed by atoms with Crippen molar-refractivity contribution in [1.82, 2.24) is 0 Å². The van der Waals surface area contributed by atoms with Gasteiger partial charge in [-0.1, -0.05) is 99.4 Å². The van der Waals surface area contributed by atoms with Crippen LogP contribution in [0.3, 0.4) is 0 Å². The predicted octanol–water partition coefficient (Wildman–Crippen LogP) is 7.68. The zero-order valence-electron chi connectivity index (χ0n) is 24.2. The molecule has 0 radical (unpaired) electrons. The highest BCUT2D eigenvalue weighted by Gasteiger charge is 2.07. The Morgan fingerprint density at radius 2 is 0.947 bits per heavy atom. The highest BCUT2D eigenvalue weighted by atomic mass is 28.3. The lowest BCUT2D eigenvalue weighted by atomic mass is 10.2. The molecule has 2 rings (SSSR count). The highest BCUT2D eigenvalue weighted by molar-refractivity contribution is 6.84. The molecule has 0 fully saturated rings. The van der Waals surface area contributed by atoms with Crippen molar-refractivity contribution >= 4 is 16.1 Å². The number of hydrogen-bond acceptors (Lipinski definition) is 2. The van der Waals surface area contributed by atoms with Gasteiger partial charge in [0, 0.05) is 23.3 Å². The van der Waals surface area contributed by atoms with Crippen molar-refractivity contribution in [2.24, 2.45) is 0 Å². The lowest BCUT2D eigenvalue weighted by Gasteiger charge is -2.03. The SMILES string of the molecule is CCO/C(C#Cc1ccccc1)=C/C#C[Si](C)(C)C.CCO/C(C#Cc1ccccc1)=C\C#C[Si](C)(C)C. The summed E-state index contributed by atoms with van der Waals surface area (Å²) < 4.78 is 11.0. The first-order valence-corrected chi connectivity index (χ1v) is 19.9. The molecule has 0 heterocycles. The molecule has 0 bridgehead atoms. The van der Waals surface area contributed by atoms with E-state index in [0.29, 0.717) is 24.7 Å². The Labute approximate surface area is 233 Å². The van der Waals surface area contributed by atoms with Gasteiger partial charge in [0.15, 0.2) is 11.5 Å². The van der Waals surface area contributed by atoms with Crippen molar-refractivity contribution in [1.29, 1.82) is 0 Å². The fraction of sp³-hybridized carbons (Fsp3) is 0.294. The van der Waals surface area contributed by atoms with Gasteiger partial charge in [-0.2, -0.15) is 0 Å². The molecule has 0 spiro atoms. The van der Waals surface area contributed by atoms with Crippen molar-refractivity contribution in [2.45, 2.75) is 53.1 Å². The van der Waals surface area contributed by atoms with Crippen LogP contribution in [-0.2, 0) is 9.47 Å². The van der Waals surface area contributed by atoms with E-state index in [-0.39, 0.29) is 0 Å². The van der Waals surface area contributed by atoms with Gasteiger partial charge < -0.3 is 9.47 Å². The third-order valence-electron chi connectivity index (χ3n) is 4.11. The van der Waals surface area contributed by atoms with Crippen molar-refractivity contribution in [3.8, 4) is 46.6 Å². The number of hydrogen-bond donors (Lipinski definition) is 0. The van der Waals surface area contributed by atoms with E-state index in [9.17, 15) is 0 Å². The molecule has 4 heteroatoms. The van der Waals surface area contributed by atoms with Crippen LogP contribution in [0, 0.1) is 46.6 Å². The Balaban J connectivity index is 0.000000380. The second-order valence-corrected chi connectivity index (χ2v) is 19.7. The van der Waals surface area contributed by atoms with Crippen LogP contribution in [0.2, 0.25) is 39.3 Å². The fourth-order valence-electron chi connectivity index (χ4n) is 2.49. The number of rotatable bonds is 4. The molecule has 0 amide bonds. The zero-order chi connectivity index (χ0) is 28.3. The van der Waals surface area contributed by atoms with E-state index < -0.39 is 16.1 Å². The molecule has 0 saturated carbocycles. The van der Waals surface area contributed by atoms with Crippen molar-refractivity contribution in [2.75, 3.05) is 13.2 Å². The summed E-state index contributed by atoms with van der Waals surface area (Å²) in [5, 5.41) is 0. The van der Waals surface area contributed by atoms with E-state index in [1.54, 1.807) is 12.2 Å². The van der Waals surface area contributed by atoms with Crippen LogP contribution in [-0.4, -0.2) is 29.4 Å². The van der Waals surface area contributed by atoms with Crippen LogP contribution < -0.4 is 0 Å². The van der Waals surface area contributed by atoms with E-state index in [0.717, 1.165) is 11.1 Å². The van der Waals surface area contributed by atoms with Gasteiger partial charge in [-0.15, -0.1) is 11.1 Å². The Morgan fingerprint density at radius 1 is 0.605 bits per heavy atom. The monoisotopic (exact) mass is 536 g/mol. The minimum Gasteiger partial charge on any atom is -0.485 e. The molecule has 0 N–H and O–H groups in total. The summed E-state index contributed by atoms with van der Waals surface area (Å²) in [4.78, 5) is 0. The van der Waals surface area contributed by atoms with E-state index in [2.05, 4.69) is 85.9 Å². The van der Waals surface area contributed by atoms with Gasteiger partial charge in [0.2, 0.25) is 0 Å². The molecule has 0 aliphatic carbocycles. The maximum Gasteiger partial charge on any atom is 0.178 e. The maximum absolute atomic E-state index is 5.48. The summed E-state index contributed by atoms with van der Waals surface area (Å²) in [5.74, 6) is 19.6. The van der Waals surface area contributed by atoms with Gasteiger partial charge >= 0.3 is 0 Å². The summed E-state index contributed by atoms with van der Waals surface area (Å²) in [6.07, 6.45) is 3.55. The smallest absolute Gasteiger partial charge is 0.178 e. The first-order chi connectivity index (χ1) is 18.0. The largest absolute Gasteiger partial charge is 0.485 e. The van der Waals surface area contributed by atoms with Crippen LogP contribution >= 0.6 is 0 Å². The number of ether oxygens (including phenoxy) is 2. The Bertz CT molecular complexity index is 1190. The quantitative estimate of drug-likeness (QED) is 0.227. The summed E-state index contributed by atoms with van der Waals surface area (Å²) >= 11 is 0. The van der Waals surface area contributed by atoms with E-state index in [1.165, 1.54) is 0 Å². The van der Waals surface area contributed by atoms with Gasteiger partial charge in [-0.25, -0.2) is 0 Å². The lowest BCUT2D eigenvalue weighted by Crippen LogP contribution is -2.16. The second kappa shape index (κ2) is 17.6. The molecule has 2 aromatic carbocycles. The van der Waals surface area contributed by atoms with Crippen LogP contribution in [0.1, 0.15) is 25.0 Å². The van der Waals surface area contributed by atoms with Gasteiger partial charge in [0.1, 0.15) is 16.1 Å². The highest BCUT2D eigenvalue weighted by Crippen LogP contribution is 2.02.